The van der Waals surface area contributed by atoms with Gasteiger partial charge in [0.25, 0.3) is 5.91 Å². The second-order valence-corrected chi connectivity index (χ2v) is 12.6. The highest BCUT2D eigenvalue weighted by atomic mass is 32.2. The Bertz CT molecular complexity index is 1400. The molecule has 0 bridgehead atoms. The Hall–Kier alpha value is -3.70. The molecule has 1 saturated heterocycles. The third-order valence-corrected chi connectivity index (χ3v) is 9.47. The minimum atomic E-state index is -3.97. The highest BCUT2D eigenvalue weighted by molar-refractivity contribution is 7.93. The van der Waals surface area contributed by atoms with Crippen LogP contribution in [0, 0.1) is 5.92 Å². The number of carbonyl (C=O) groups is 3. The number of hydrogen-bond donors (Lipinski definition) is 3. The Kier molecular flexibility index (Phi) is 10.2. The lowest BCUT2D eigenvalue weighted by molar-refractivity contribution is -0.129. The highest BCUT2D eigenvalue weighted by Crippen LogP contribution is 2.28. The summed E-state index contributed by atoms with van der Waals surface area (Å²) in [6.07, 6.45) is 11.8. The van der Waals surface area contributed by atoms with Crippen LogP contribution in [0.5, 0.6) is 0 Å². The van der Waals surface area contributed by atoms with E-state index in [1.807, 2.05) is 18.2 Å². The number of ketones is 1. The number of nitrogens with two attached hydrogens (primary N) is 1. The first-order valence-electron chi connectivity index (χ1n) is 14.1. The quantitative estimate of drug-likeness (QED) is 0.363. The molecule has 1 aromatic carbocycles. The number of hydrogen-bond acceptors (Lipinski definition) is 7. The summed E-state index contributed by atoms with van der Waals surface area (Å²) in [4.78, 5) is 39.7. The standard InChI is InChI=1S/C30H38N4O6S/c1-21(10-7-8-16-31)41(38,39)34-17-9-14-24(26(35)20-34)32-29(36)25(18-22-11-3-2-4-12-22)33-30(37)28-19-23-13-5-6-15-27(23)40-28/h5-8,10,13,15-16,19,22,24-25H,1-4,9,11-12,14,17-18,20,31H2,(H,32,36)(H,33,37)/b10-7-,16-8-. The second-order valence-electron chi connectivity index (χ2n) is 10.6. The van der Waals surface area contributed by atoms with Gasteiger partial charge < -0.3 is 20.8 Å². The van der Waals surface area contributed by atoms with E-state index in [9.17, 15) is 22.8 Å². The number of nitrogens with one attached hydrogen (secondary N) is 2. The number of nitrogens with zero attached hydrogens (tertiary/aromatic N) is 1. The first-order chi connectivity index (χ1) is 19.7. The fraction of sp³-hybridized carbons (Fsp3) is 0.433. The second kappa shape index (κ2) is 13.8. The molecule has 0 spiro atoms. The van der Waals surface area contributed by atoms with Crippen molar-refractivity contribution in [2.45, 2.75) is 63.5 Å². The van der Waals surface area contributed by atoms with Crippen LogP contribution in [0.25, 0.3) is 11.0 Å². The molecule has 2 unspecified atom stereocenters. The van der Waals surface area contributed by atoms with E-state index < -0.39 is 39.7 Å². The summed E-state index contributed by atoms with van der Waals surface area (Å²) in [5, 5.41) is 6.43. The van der Waals surface area contributed by atoms with Crippen molar-refractivity contribution in [2.24, 2.45) is 11.7 Å². The summed E-state index contributed by atoms with van der Waals surface area (Å²) < 4.78 is 32.7. The summed E-state index contributed by atoms with van der Waals surface area (Å²) in [6.45, 7) is 3.36. The molecule has 2 amide bonds. The summed E-state index contributed by atoms with van der Waals surface area (Å²) in [5.74, 6) is -1.00. The van der Waals surface area contributed by atoms with Crippen LogP contribution in [-0.2, 0) is 19.6 Å². The van der Waals surface area contributed by atoms with Crippen molar-refractivity contribution in [2.75, 3.05) is 13.1 Å². The number of fused-ring (bicyclic) bond motifs is 1. The van der Waals surface area contributed by atoms with Crippen molar-refractivity contribution in [1.82, 2.24) is 14.9 Å². The van der Waals surface area contributed by atoms with E-state index in [2.05, 4.69) is 17.2 Å². The molecule has 1 saturated carbocycles. The van der Waals surface area contributed by atoms with Crippen LogP contribution >= 0.6 is 0 Å². The first-order valence-corrected chi connectivity index (χ1v) is 15.5. The van der Waals surface area contributed by atoms with Gasteiger partial charge in [0.2, 0.25) is 15.9 Å². The summed E-state index contributed by atoms with van der Waals surface area (Å²) in [5.41, 5.74) is 5.85. The van der Waals surface area contributed by atoms with Crippen LogP contribution in [0.4, 0.5) is 0 Å². The monoisotopic (exact) mass is 582 g/mol. The fourth-order valence-electron chi connectivity index (χ4n) is 5.42. The third-order valence-electron chi connectivity index (χ3n) is 7.68. The van der Waals surface area contributed by atoms with Crippen molar-refractivity contribution in [1.29, 1.82) is 0 Å². The maximum Gasteiger partial charge on any atom is 0.287 e. The average Bonchev–Trinajstić information content (AvgIpc) is 3.32. The molecular formula is C30H38N4O6S. The number of carbonyl (C=O) groups excluding carboxylic acids is 3. The lowest BCUT2D eigenvalue weighted by atomic mass is 9.84. The Morgan fingerprint density at radius 2 is 1.88 bits per heavy atom. The lowest BCUT2D eigenvalue weighted by Crippen LogP contribution is -2.53. The molecule has 1 aromatic heterocycles. The molecule has 2 aromatic rings. The van der Waals surface area contributed by atoms with Crippen LogP contribution in [0.2, 0.25) is 0 Å². The van der Waals surface area contributed by atoms with Gasteiger partial charge in [-0.05, 0) is 55.7 Å². The van der Waals surface area contributed by atoms with Crippen molar-refractivity contribution in [3.05, 3.63) is 72.0 Å². The van der Waals surface area contributed by atoms with Crippen LogP contribution in [-0.4, -0.2) is 55.5 Å². The Morgan fingerprint density at radius 1 is 1.12 bits per heavy atom. The van der Waals surface area contributed by atoms with E-state index in [1.165, 1.54) is 24.4 Å². The molecule has 220 valence electrons. The zero-order chi connectivity index (χ0) is 29.4. The number of rotatable bonds is 10. The molecule has 10 nitrogen and oxygen atoms in total. The Morgan fingerprint density at radius 3 is 2.61 bits per heavy atom. The van der Waals surface area contributed by atoms with Crippen molar-refractivity contribution >= 4 is 38.6 Å². The van der Waals surface area contributed by atoms with Crippen molar-refractivity contribution < 1.29 is 27.2 Å². The van der Waals surface area contributed by atoms with Crippen LogP contribution in [0.3, 0.4) is 0 Å². The van der Waals surface area contributed by atoms with Crippen molar-refractivity contribution in [3.63, 3.8) is 0 Å². The van der Waals surface area contributed by atoms with Gasteiger partial charge >= 0.3 is 0 Å². The van der Waals surface area contributed by atoms with E-state index in [4.69, 9.17) is 10.2 Å². The molecule has 4 N–H and O–H groups in total. The van der Waals surface area contributed by atoms with E-state index in [-0.39, 0.29) is 36.1 Å². The molecule has 2 fully saturated rings. The van der Waals surface area contributed by atoms with Gasteiger partial charge in [-0.15, -0.1) is 0 Å². The summed E-state index contributed by atoms with van der Waals surface area (Å²) >= 11 is 0. The molecule has 0 radical (unpaired) electrons. The van der Waals surface area contributed by atoms with E-state index in [0.717, 1.165) is 41.8 Å². The molecule has 1 aliphatic heterocycles. The molecule has 1 aliphatic carbocycles. The number of amides is 2. The minimum absolute atomic E-state index is 0.107. The molecular weight excluding hydrogens is 544 g/mol. The maximum absolute atomic E-state index is 13.5. The van der Waals surface area contributed by atoms with Gasteiger partial charge in [-0.2, -0.15) is 4.31 Å². The zero-order valence-electron chi connectivity index (χ0n) is 23.1. The summed E-state index contributed by atoms with van der Waals surface area (Å²) in [7, 11) is -3.97. The fourth-order valence-corrected chi connectivity index (χ4v) is 6.66. The van der Waals surface area contributed by atoms with E-state index in [1.54, 1.807) is 12.1 Å². The number of para-hydroxylation sites is 1. The first kappa shape index (κ1) is 30.3. The maximum atomic E-state index is 13.5. The van der Waals surface area contributed by atoms with Crippen LogP contribution < -0.4 is 16.4 Å². The zero-order valence-corrected chi connectivity index (χ0v) is 23.9. The van der Waals surface area contributed by atoms with Crippen LogP contribution in [0.1, 0.15) is 61.9 Å². The van der Waals surface area contributed by atoms with Gasteiger partial charge in [0.05, 0.1) is 17.5 Å². The Balaban J connectivity index is 1.45. The van der Waals surface area contributed by atoms with Gasteiger partial charge in [0.15, 0.2) is 11.5 Å². The lowest BCUT2D eigenvalue weighted by Gasteiger charge is -2.27. The summed E-state index contributed by atoms with van der Waals surface area (Å²) in [6, 6.07) is 7.17. The van der Waals surface area contributed by atoms with E-state index in [0.29, 0.717) is 18.4 Å². The smallest absolute Gasteiger partial charge is 0.287 e. The molecule has 4 rings (SSSR count). The van der Waals surface area contributed by atoms with Gasteiger partial charge in [0, 0.05) is 11.9 Å². The number of furan rings is 1. The molecule has 2 heterocycles. The van der Waals surface area contributed by atoms with E-state index >= 15 is 0 Å². The van der Waals surface area contributed by atoms with Gasteiger partial charge in [-0.25, -0.2) is 8.42 Å². The largest absolute Gasteiger partial charge is 0.451 e. The van der Waals surface area contributed by atoms with Gasteiger partial charge in [-0.1, -0.05) is 63.0 Å². The topological polar surface area (TPSA) is 152 Å². The molecule has 2 aliphatic rings. The normalized spacial score (nSPS) is 20.3. The predicted molar refractivity (Wildman–Crippen MR) is 157 cm³/mol. The van der Waals surface area contributed by atoms with Gasteiger partial charge in [-0.3, -0.25) is 14.4 Å². The average molecular weight is 583 g/mol. The molecule has 41 heavy (non-hydrogen) atoms. The number of sulfonamides is 1. The SMILES string of the molecule is C=C(/C=C\C=C/N)S(=O)(=O)N1CCCC(NC(=O)C(CC2CCCCC2)NC(=O)c2cc3ccccc3o2)C(=O)C1. The molecule has 11 heteroatoms. The predicted octanol–water partition coefficient (Wildman–Crippen LogP) is 3.52. The molecule has 2 atom stereocenters. The number of Topliss-reactive ketones (excluding diaryl/α,β-unsaturated/α-hetero) is 1. The number of allylic oxidation sites excluding steroid dienone is 3. The number of benzene rings is 1. The van der Waals surface area contributed by atoms with Crippen LogP contribution in [0.15, 0.2) is 70.7 Å². The Labute approximate surface area is 240 Å². The van der Waals surface area contributed by atoms with Gasteiger partial charge in [0.1, 0.15) is 11.6 Å². The minimum Gasteiger partial charge on any atom is -0.451 e. The third kappa shape index (κ3) is 7.74. The van der Waals surface area contributed by atoms with Crippen molar-refractivity contribution in [3.8, 4) is 0 Å². The highest BCUT2D eigenvalue weighted by Gasteiger charge is 2.35.